The lowest BCUT2D eigenvalue weighted by Crippen LogP contribution is -2.21. The first-order valence-electron chi connectivity index (χ1n) is 6.11. The molecule has 1 aliphatic carbocycles. The fourth-order valence-electron chi connectivity index (χ4n) is 2.64. The molecule has 2 nitrogen and oxygen atoms in total. The summed E-state index contributed by atoms with van der Waals surface area (Å²) in [5.74, 6) is 0. The SMILES string of the molecule is CN(C)C(CCO)c1ccc2c(c1)CCC2. The largest absolute Gasteiger partial charge is 0.396 e. The van der Waals surface area contributed by atoms with Crippen LogP contribution in [-0.4, -0.2) is 30.7 Å². The highest BCUT2D eigenvalue weighted by molar-refractivity contribution is 5.36. The molecule has 0 spiro atoms. The Hall–Kier alpha value is -0.860. The van der Waals surface area contributed by atoms with Gasteiger partial charge in [0.15, 0.2) is 0 Å². The fourth-order valence-corrected chi connectivity index (χ4v) is 2.64. The zero-order valence-corrected chi connectivity index (χ0v) is 10.2. The van der Waals surface area contributed by atoms with Crippen LogP contribution in [0.25, 0.3) is 0 Å². The second kappa shape index (κ2) is 4.98. The Kier molecular flexibility index (Phi) is 3.62. The molecule has 0 saturated carbocycles. The highest BCUT2D eigenvalue weighted by Gasteiger charge is 2.17. The highest BCUT2D eigenvalue weighted by atomic mass is 16.3. The van der Waals surface area contributed by atoms with E-state index in [4.69, 9.17) is 5.11 Å². The van der Waals surface area contributed by atoms with Crippen LogP contribution in [0.15, 0.2) is 18.2 Å². The zero-order chi connectivity index (χ0) is 11.5. The lowest BCUT2D eigenvalue weighted by atomic mass is 9.98. The summed E-state index contributed by atoms with van der Waals surface area (Å²) in [7, 11) is 4.15. The van der Waals surface area contributed by atoms with Crippen molar-refractivity contribution in [1.29, 1.82) is 0 Å². The van der Waals surface area contributed by atoms with Crippen molar-refractivity contribution in [1.82, 2.24) is 4.90 Å². The molecule has 1 aromatic carbocycles. The van der Waals surface area contributed by atoms with Crippen LogP contribution >= 0.6 is 0 Å². The van der Waals surface area contributed by atoms with E-state index < -0.39 is 0 Å². The summed E-state index contributed by atoms with van der Waals surface area (Å²) in [6.45, 7) is 0.250. The van der Waals surface area contributed by atoms with Crippen LogP contribution in [0, 0.1) is 0 Å². The third-order valence-electron chi connectivity index (χ3n) is 3.53. The first-order valence-corrected chi connectivity index (χ1v) is 6.11. The van der Waals surface area contributed by atoms with E-state index >= 15 is 0 Å². The van der Waals surface area contributed by atoms with E-state index in [0.717, 1.165) is 6.42 Å². The summed E-state index contributed by atoms with van der Waals surface area (Å²) in [6, 6.07) is 7.18. The van der Waals surface area contributed by atoms with Gasteiger partial charge >= 0.3 is 0 Å². The predicted molar refractivity (Wildman–Crippen MR) is 66.6 cm³/mol. The smallest absolute Gasteiger partial charge is 0.0449 e. The van der Waals surface area contributed by atoms with Crippen molar-refractivity contribution in [2.75, 3.05) is 20.7 Å². The molecular weight excluding hydrogens is 198 g/mol. The molecule has 2 rings (SSSR count). The van der Waals surface area contributed by atoms with Crippen LogP contribution in [0.4, 0.5) is 0 Å². The fraction of sp³-hybridized carbons (Fsp3) is 0.571. The molecule has 1 aromatic rings. The van der Waals surface area contributed by atoms with Crippen molar-refractivity contribution in [3.8, 4) is 0 Å². The molecular formula is C14H21NO. The minimum absolute atomic E-state index is 0.250. The van der Waals surface area contributed by atoms with Gasteiger partial charge in [-0.05, 0) is 56.5 Å². The Balaban J connectivity index is 2.24. The number of rotatable bonds is 4. The Morgan fingerprint density at radius 3 is 2.69 bits per heavy atom. The number of aliphatic hydroxyl groups is 1. The van der Waals surface area contributed by atoms with E-state index in [9.17, 15) is 0 Å². The van der Waals surface area contributed by atoms with Crippen LogP contribution in [-0.2, 0) is 12.8 Å². The number of hydrogen-bond donors (Lipinski definition) is 1. The van der Waals surface area contributed by atoms with Gasteiger partial charge in [0, 0.05) is 12.6 Å². The molecule has 0 saturated heterocycles. The first-order chi connectivity index (χ1) is 7.72. The third kappa shape index (κ3) is 2.28. The number of fused-ring (bicyclic) bond motifs is 1. The van der Waals surface area contributed by atoms with Gasteiger partial charge in [0.1, 0.15) is 0 Å². The van der Waals surface area contributed by atoms with Gasteiger partial charge in [-0.2, -0.15) is 0 Å². The molecule has 0 aliphatic heterocycles. The van der Waals surface area contributed by atoms with Crippen molar-refractivity contribution >= 4 is 0 Å². The van der Waals surface area contributed by atoms with Gasteiger partial charge in [-0.1, -0.05) is 18.2 Å². The molecule has 0 heterocycles. The first kappa shape index (κ1) is 11.6. The Morgan fingerprint density at radius 1 is 1.25 bits per heavy atom. The molecule has 16 heavy (non-hydrogen) atoms. The normalized spacial score (nSPS) is 16.5. The van der Waals surface area contributed by atoms with Gasteiger partial charge in [-0.3, -0.25) is 0 Å². The number of aryl methyl sites for hydroxylation is 2. The topological polar surface area (TPSA) is 23.5 Å². The van der Waals surface area contributed by atoms with E-state index in [1.54, 1.807) is 0 Å². The molecule has 1 unspecified atom stereocenters. The minimum atomic E-state index is 0.250. The molecule has 0 radical (unpaired) electrons. The molecule has 0 bridgehead atoms. The summed E-state index contributed by atoms with van der Waals surface area (Å²) in [4.78, 5) is 2.19. The van der Waals surface area contributed by atoms with Crippen LogP contribution in [0.2, 0.25) is 0 Å². The number of nitrogens with zero attached hydrogens (tertiary/aromatic N) is 1. The number of aliphatic hydroxyl groups excluding tert-OH is 1. The minimum Gasteiger partial charge on any atom is -0.396 e. The van der Waals surface area contributed by atoms with Crippen molar-refractivity contribution in [2.24, 2.45) is 0 Å². The maximum Gasteiger partial charge on any atom is 0.0449 e. The predicted octanol–water partition coefficient (Wildman–Crippen LogP) is 2.16. The van der Waals surface area contributed by atoms with Gasteiger partial charge in [0.25, 0.3) is 0 Å². The standard InChI is InChI=1S/C14H21NO/c1-15(2)14(8-9-16)13-7-6-11-4-3-5-12(11)10-13/h6-7,10,14,16H,3-5,8-9H2,1-2H3. The second-order valence-electron chi connectivity index (χ2n) is 4.87. The maximum absolute atomic E-state index is 9.11. The Morgan fingerprint density at radius 2 is 2.00 bits per heavy atom. The number of hydrogen-bond acceptors (Lipinski definition) is 2. The second-order valence-corrected chi connectivity index (χ2v) is 4.87. The van der Waals surface area contributed by atoms with E-state index in [0.29, 0.717) is 6.04 Å². The summed E-state index contributed by atoms with van der Waals surface area (Å²) in [6.07, 6.45) is 4.57. The van der Waals surface area contributed by atoms with Gasteiger partial charge < -0.3 is 10.0 Å². The van der Waals surface area contributed by atoms with E-state index in [1.165, 1.54) is 36.0 Å². The lowest BCUT2D eigenvalue weighted by Gasteiger charge is -2.24. The number of benzene rings is 1. The molecule has 1 aliphatic rings. The van der Waals surface area contributed by atoms with Crippen molar-refractivity contribution < 1.29 is 5.11 Å². The molecule has 88 valence electrons. The van der Waals surface area contributed by atoms with Gasteiger partial charge in [-0.25, -0.2) is 0 Å². The van der Waals surface area contributed by atoms with Crippen molar-refractivity contribution in [3.05, 3.63) is 34.9 Å². The molecule has 2 heteroatoms. The average Bonchev–Trinajstić information content (AvgIpc) is 2.72. The quantitative estimate of drug-likeness (QED) is 0.839. The zero-order valence-electron chi connectivity index (χ0n) is 10.2. The average molecular weight is 219 g/mol. The third-order valence-corrected chi connectivity index (χ3v) is 3.53. The lowest BCUT2D eigenvalue weighted by molar-refractivity contribution is 0.211. The highest BCUT2D eigenvalue weighted by Crippen LogP contribution is 2.28. The molecule has 0 amide bonds. The van der Waals surface area contributed by atoms with E-state index in [1.807, 2.05) is 0 Å². The molecule has 1 atom stereocenters. The van der Waals surface area contributed by atoms with E-state index in [-0.39, 0.29) is 6.61 Å². The Bertz CT molecular complexity index is 360. The molecule has 0 fully saturated rings. The monoisotopic (exact) mass is 219 g/mol. The van der Waals surface area contributed by atoms with Crippen molar-refractivity contribution in [3.63, 3.8) is 0 Å². The van der Waals surface area contributed by atoms with E-state index in [2.05, 4.69) is 37.2 Å². The van der Waals surface area contributed by atoms with Gasteiger partial charge in [0.05, 0.1) is 0 Å². The van der Waals surface area contributed by atoms with Crippen LogP contribution in [0.3, 0.4) is 0 Å². The molecule has 0 aromatic heterocycles. The summed E-state index contributed by atoms with van der Waals surface area (Å²) in [5.41, 5.74) is 4.38. The summed E-state index contributed by atoms with van der Waals surface area (Å²) < 4.78 is 0. The molecule has 1 N–H and O–H groups in total. The maximum atomic E-state index is 9.11. The van der Waals surface area contributed by atoms with Crippen LogP contribution in [0.5, 0.6) is 0 Å². The Labute approximate surface area is 97.9 Å². The summed E-state index contributed by atoms with van der Waals surface area (Å²) >= 11 is 0. The van der Waals surface area contributed by atoms with Crippen molar-refractivity contribution in [2.45, 2.75) is 31.7 Å². The van der Waals surface area contributed by atoms with Gasteiger partial charge in [0.2, 0.25) is 0 Å². The summed E-state index contributed by atoms with van der Waals surface area (Å²) in [5, 5.41) is 9.11. The van der Waals surface area contributed by atoms with Crippen LogP contribution in [0.1, 0.15) is 35.6 Å². The van der Waals surface area contributed by atoms with Gasteiger partial charge in [-0.15, -0.1) is 0 Å². The van der Waals surface area contributed by atoms with Crippen LogP contribution < -0.4 is 0 Å².